The number of hydrogen-bond donors (Lipinski definition) is 0. The van der Waals surface area contributed by atoms with E-state index in [1.54, 1.807) is 7.11 Å². The minimum Gasteiger partial charge on any atom is -0.382 e. The van der Waals surface area contributed by atoms with E-state index in [9.17, 15) is 0 Å². The van der Waals surface area contributed by atoms with E-state index in [1.807, 2.05) is 0 Å². The maximum absolute atomic E-state index is 5.60. The molecule has 0 heterocycles. The summed E-state index contributed by atoms with van der Waals surface area (Å²) in [4.78, 5) is 0. The summed E-state index contributed by atoms with van der Waals surface area (Å²) in [6.07, 6.45) is 3.42. The summed E-state index contributed by atoms with van der Waals surface area (Å²) in [6.45, 7) is 5.96. The third kappa shape index (κ3) is 10.9. The highest BCUT2D eigenvalue weighted by Crippen LogP contribution is 2.09. The van der Waals surface area contributed by atoms with Crippen molar-refractivity contribution in [3.63, 3.8) is 0 Å². The average molecular weight is 297 g/mol. The van der Waals surface area contributed by atoms with Crippen molar-refractivity contribution in [1.82, 2.24) is 0 Å². The molecule has 0 aliphatic rings. The molecule has 0 saturated carbocycles. The van der Waals surface area contributed by atoms with Crippen molar-refractivity contribution in [2.45, 2.75) is 26.2 Å². The van der Waals surface area contributed by atoms with Gasteiger partial charge in [0.2, 0.25) is 0 Å². The maximum atomic E-state index is 5.60. The molecule has 0 aliphatic carbocycles. The molecular weight excluding hydrogens is 272 g/mol. The zero-order chi connectivity index (χ0) is 12.1. The number of methoxy groups -OCH3 is 1. The number of ether oxygens (including phenoxy) is 3. The standard InChI is InChI=1S/C12H25BrO3/c1-3-5-12(10-13)11-16-7-4-6-15-9-8-14-2/h12H,3-11H2,1-2H3. The van der Waals surface area contributed by atoms with Crippen LogP contribution in [0, 0.1) is 5.92 Å². The van der Waals surface area contributed by atoms with Crippen LogP contribution in [0.5, 0.6) is 0 Å². The van der Waals surface area contributed by atoms with Crippen molar-refractivity contribution in [3.05, 3.63) is 0 Å². The molecule has 0 spiro atoms. The lowest BCUT2D eigenvalue weighted by Gasteiger charge is -2.13. The molecule has 0 N–H and O–H groups in total. The lowest BCUT2D eigenvalue weighted by molar-refractivity contribution is 0.0455. The minimum absolute atomic E-state index is 0.652. The smallest absolute Gasteiger partial charge is 0.0700 e. The summed E-state index contributed by atoms with van der Waals surface area (Å²) in [5, 5.41) is 1.03. The Labute approximate surface area is 108 Å². The summed E-state index contributed by atoms with van der Waals surface area (Å²) in [7, 11) is 1.68. The second kappa shape index (κ2) is 13.4. The number of alkyl halides is 1. The first-order valence-electron chi connectivity index (χ1n) is 6.05. The number of rotatable bonds is 12. The highest BCUT2D eigenvalue weighted by molar-refractivity contribution is 9.09. The van der Waals surface area contributed by atoms with Gasteiger partial charge in [-0.15, -0.1) is 0 Å². The molecule has 0 amide bonds. The van der Waals surface area contributed by atoms with Gasteiger partial charge in [0.15, 0.2) is 0 Å². The van der Waals surface area contributed by atoms with Crippen LogP contribution >= 0.6 is 15.9 Å². The molecule has 0 aromatic carbocycles. The van der Waals surface area contributed by atoms with Crippen molar-refractivity contribution < 1.29 is 14.2 Å². The third-order valence-electron chi connectivity index (χ3n) is 2.28. The van der Waals surface area contributed by atoms with Crippen LogP contribution < -0.4 is 0 Å². The van der Waals surface area contributed by atoms with Gasteiger partial charge in [-0.1, -0.05) is 29.3 Å². The summed E-state index contributed by atoms with van der Waals surface area (Å²) in [6, 6.07) is 0. The van der Waals surface area contributed by atoms with E-state index >= 15 is 0 Å². The second-order valence-electron chi connectivity index (χ2n) is 3.84. The molecule has 1 unspecified atom stereocenters. The van der Waals surface area contributed by atoms with Gasteiger partial charge in [-0.2, -0.15) is 0 Å². The zero-order valence-electron chi connectivity index (χ0n) is 10.5. The summed E-state index contributed by atoms with van der Waals surface area (Å²) >= 11 is 3.51. The molecular formula is C12H25BrO3. The van der Waals surface area contributed by atoms with Gasteiger partial charge >= 0.3 is 0 Å². The Morgan fingerprint density at radius 2 is 1.81 bits per heavy atom. The fraction of sp³-hybridized carbons (Fsp3) is 1.00. The van der Waals surface area contributed by atoms with Gasteiger partial charge in [0.1, 0.15) is 0 Å². The van der Waals surface area contributed by atoms with Crippen LogP contribution in [0.15, 0.2) is 0 Å². The van der Waals surface area contributed by atoms with E-state index in [2.05, 4.69) is 22.9 Å². The summed E-state index contributed by atoms with van der Waals surface area (Å²) in [5.74, 6) is 0.652. The zero-order valence-corrected chi connectivity index (χ0v) is 12.1. The molecule has 0 aromatic rings. The van der Waals surface area contributed by atoms with E-state index in [1.165, 1.54) is 12.8 Å². The minimum atomic E-state index is 0.652. The number of halogens is 1. The van der Waals surface area contributed by atoms with Gasteiger partial charge in [0, 0.05) is 25.7 Å². The fourth-order valence-corrected chi connectivity index (χ4v) is 1.88. The Bertz CT molecular complexity index is 133. The molecule has 0 aromatic heterocycles. The Balaban J connectivity index is 3.12. The first-order chi connectivity index (χ1) is 7.85. The lowest BCUT2D eigenvalue weighted by atomic mass is 10.1. The Morgan fingerprint density at radius 3 is 2.44 bits per heavy atom. The molecule has 4 heteroatoms. The number of hydrogen-bond acceptors (Lipinski definition) is 3. The van der Waals surface area contributed by atoms with Crippen molar-refractivity contribution in [1.29, 1.82) is 0 Å². The van der Waals surface area contributed by atoms with Crippen molar-refractivity contribution in [2.24, 2.45) is 5.92 Å². The Kier molecular flexibility index (Phi) is 13.7. The van der Waals surface area contributed by atoms with Crippen LogP contribution in [0.25, 0.3) is 0 Å². The first kappa shape index (κ1) is 16.4. The highest BCUT2D eigenvalue weighted by atomic mass is 79.9. The quantitative estimate of drug-likeness (QED) is 0.409. The topological polar surface area (TPSA) is 27.7 Å². The van der Waals surface area contributed by atoms with Gasteiger partial charge < -0.3 is 14.2 Å². The molecule has 0 bridgehead atoms. The predicted octanol–water partition coefficient (Wildman–Crippen LogP) is 2.87. The Hall–Kier alpha value is 0.360. The van der Waals surface area contributed by atoms with E-state index < -0.39 is 0 Å². The van der Waals surface area contributed by atoms with E-state index in [4.69, 9.17) is 14.2 Å². The molecule has 16 heavy (non-hydrogen) atoms. The SMILES string of the molecule is CCCC(CBr)COCCCOCCOC. The normalized spacial score (nSPS) is 12.9. The summed E-state index contributed by atoms with van der Waals surface area (Å²) in [5.41, 5.74) is 0. The van der Waals surface area contributed by atoms with E-state index in [0.29, 0.717) is 19.1 Å². The molecule has 1 atom stereocenters. The fourth-order valence-electron chi connectivity index (χ4n) is 1.37. The highest BCUT2D eigenvalue weighted by Gasteiger charge is 2.05. The van der Waals surface area contributed by atoms with Crippen LogP contribution in [0.1, 0.15) is 26.2 Å². The molecule has 0 radical (unpaired) electrons. The Morgan fingerprint density at radius 1 is 1.06 bits per heavy atom. The van der Waals surface area contributed by atoms with Crippen molar-refractivity contribution in [2.75, 3.05) is 45.5 Å². The second-order valence-corrected chi connectivity index (χ2v) is 4.49. The van der Waals surface area contributed by atoms with Gasteiger partial charge in [-0.05, 0) is 18.8 Å². The molecule has 0 fully saturated rings. The van der Waals surface area contributed by atoms with Crippen molar-refractivity contribution in [3.8, 4) is 0 Å². The van der Waals surface area contributed by atoms with Gasteiger partial charge in [0.05, 0.1) is 19.8 Å². The summed E-state index contributed by atoms with van der Waals surface area (Å²) < 4.78 is 15.8. The average Bonchev–Trinajstić information content (AvgIpc) is 2.31. The molecule has 98 valence electrons. The van der Waals surface area contributed by atoms with Crippen LogP contribution in [0.2, 0.25) is 0 Å². The van der Waals surface area contributed by atoms with Crippen LogP contribution in [0.3, 0.4) is 0 Å². The van der Waals surface area contributed by atoms with Crippen LogP contribution in [-0.2, 0) is 14.2 Å². The van der Waals surface area contributed by atoms with E-state index in [0.717, 1.165) is 31.6 Å². The molecule has 3 nitrogen and oxygen atoms in total. The van der Waals surface area contributed by atoms with Gasteiger partial charge in [-0.3, -0.25) is 0 Å². The van der Waals surface area contributed by atoms with E-state index in [-0.39, 0.29) is 0 Å². The maximum Gasteiger partial charge on any atom is 0.0700 e. The molecule has 0 rings (SSSR count). The van der Waals surface area contributed by atoms with Gasteiger partial charge in [-0.25, -0.2) is 0 Å². The van der Waals surface area contributed by atoms with Crippen LogP contribution in [0.4, 0.5) is 0 Å². The molecule has 0 aliphatic heterocycles. The first-order valence-corrected chi connectivity index (χ1v) is 7.17. The lowest BCUT2D eigenvalue weighted by Crippen LogP contribution is -2.12. The van der Waals surface area contributed by atoms with Crippen molar-refractivity contribution >= 4 is 15.9 Å². The van der Waals surface area contributed by atoms with Crippen LogP contribution in [-0.4, -0.2) is 45.5 Å². The molecule has 0 saturated heterocycles. The van der Waals surface area contributed by atoms with Gasteiger partial charge in [0.25, 0.3) is 0 Å². The third-order valence-corrected chi connectivity index (χ3v) is 3.19. The predicted molar refractivity (Wildman–Crippen MR) is 70.3 cm³/mol. The largest absolute Gasteiger partial charge is 0.382 e. The monoisotopic (exact) mass is 296 g/mol.